The van der Waals surface area contributed by atoms with Gasteiger partial charge in [0.15, 0.2) is 23.0 Å². The van der Waals surface area contributed by atoms with Crippen molar-refractivity contribution >= 4 is 24.2 Å². The fourth-order valence-electron chi connectivity index (χ4n) is 3.69. The first-order chi connectivity index (χ1) is 19.4. The maximum absolute atomic E-state index is 12.1. The molecule has 0 radical (unpaired) electrons. The van der Waals surface area contributed by atoms with Crippen molar-refractivity contribution in [2.24, 2.45) is 10.2 Å². The molecule has 0 spiro atoms. The summed E-state index contributed by atoms with van der Waals surface area (Å²) < 4.78 is 31.8. The molecule has 0 atom stereocenters. The third-order valence-corrected chi connectivity index (χ3v) is 5.82. The van der Waals surface area contributed by atoms with Crippen LogP contribution >= 0.6 is 0 Å². The lowest BCUT2D eigenvalue weighted by Gasteiger charge is -2.11. The second-order valence-electron chi connectivity index (χ2n) is 8.40. The number of benzene rings is 2. The van der Waals surface area contributed by atoms with E-state index in [0.717, 1.165) is 12.8 Å². The number of ether oxygens (including phenoxy) is 6. The van der Waals surface area contributed by atoms with Crippen LogP contribution in [0, 0.1) is 0 Å². The predicted molar refractivity (Wildman–Crippen MR) is 151 cm³/mol. The van der Waals surface area contributed by atoms with Crippen LogP contribution in [0.3, 0.4) is 0 Å². The number of unbranched alkanes of at least 4 members (excludes halogenated alkanes) is 3. The molecular weight excluding hydrogens is 520 g/mol. The first-order valence-corrected chi connectivity index (χ1v) is 12.6. The summed E-state index contributed by atoms with van der Waals surface area (Å²) in [6, 6.07) is 6.79. The Morgan fingerprint density at radius 3 is 1.20 bits per heavy atom. The Balaban J connectivity index is 1.68. The molecular formula is C28H38N4O8. The van der Waals surface area contributed by atoms with Crippen molar-refractivity contribution in [1.29, 1.82) is 0 Å². The Morgan fingerprint density at radius 2 is 0.875 bits per heavy atom. The molecule has 0 aliphatic rings. The molecule has 0 unspecified atom stereocenters. The van der Waals surface area contributed by atoms with Crippen LogP contribution in [-0.2, 0) is 9.59 Å². The second kappa shape index (κ2) is 17.2. The number of methoxy groups -OCH3 is 6. The van der Waals surface area contributed by atoms with Gasteiger partial charge in [0.25, 0.3) is 0 Å². The maximum Gasteiger partial charge on any atom is 0.240 e. The molecule has 0 saturated heterocycles. The fourth-order valence-corrected chi connectivity index (χ4v) is 3.69. The van der Waals surface area contributed by atoms with Crippen molar-refractivity contribution in [3.63, 3.8) is 0 Å². The van der Waals surface area contributed by atoms with Crippen LogP contribution in [0.1, 0.15) is 49.7 Å². The zero-order chi connectivity index (χ0) is 29.3. The van der Waals surface area contributed by atoms with Gasteiger partial charge >= 0.3 is 0 Å². The first-order valence-electron chi connectivity index (χ1n) is 12.6. The Hall–Kier alpha value is -4.48. The lowest BCUT2D eigenvalue weighted by molar-refractivity contribution is -0.122. The van der Waals surface area contributed by atoms with Crippen LogP contribution in [0.5, 0.6) is 34.5 Å². The van der Waals surface area contributed by atoms with Crippen LogP contribution in [0.4, 0.5) is 0 Å². The molecule has 0 heterocycles. The number of nitrogens with one attached hydrogen (secondary N) is 2. The third kappa shape index (κ3) is 9.68. The van der Waals surface area contributed by atoms with E-state index >= 15 is 0 Å². The van der Waals surface area contributed by atoms with Gasteiger partial charge in [0.05, 0.1) is 55.1 Å². The molecule has 0 saturated carbocycles. The third-order valence-electron chi connectivity index (χ3n) is 5.82. The van der Waals surface area contributed by atoms with E-state index in [1.165, 1.54) is 55.1 Å². The first kappa shape index (κ1) is 31.7. The van der Waals surface area contributed by atoms with Crippen LogP contribution in [0.25, 0.3) is 0 Å². The van der Waals surface area contributed by atoms with E-state index in [2.05, 4.69) is 21.1 Å². The summed E-state index contributed by atoms with van der Waals surface area (Å²) in [5, 5.41) is 8.02. The van der Waals surface area contributed by atoms with E-state index in [1.54, 1.807) is 24.3 Å². The topological polar surface area (TPSA) is 138 Å². The van der Waals surface area contributed by atoms with E-state index < -0.39 is 0 Å². The van der Waals surface area contributed by atoms with Gasteiger partial charge in [-0.05, 0) is 25.0 Å². The van der Waals surface area contributed by atoms with E-state index in [9.17, 15) is 9.59 Å². The maximum atomic E-state index is 12.1. The molecule has 0 bridgehead atoms. The molecule has 2 rings (SSSR count). The average Bonchev–Trinajstić information content (AvgIpc) is 2.98. The Morgan fingerprint density at radius 1 is 0.550 bits per heavy atom. The van der Waals surface area contributed by atoms with Crippen molar-refractivity contribution in [2.75, 3.05) is 42.7 Å². The number of rotatable bonds is 17. The van der Waals surface area contributed by atoms with Gasteiger partial charge < -0.3 is 28.4 Å². The monoisotopic (exact) mass is 558 g/mol. The number of amides is 2. The molecule has 2 aromatic carbocycles. The summed E-state index contributed by atoms with van der Waals surface area (Å²) in [5.74, 6) is 2.77. The molecule has 0 aliphatic carbocycles. The highest BCUT2D eigenvalue weighted by Gasteiger charge is 2.12. The average molecular weight is 559 g/mol. The van der Waals surface area contributed by atoms with Gasteiger partial charge in [-0.3, -0.25) is 9.59 Å². The van der Waals surface area contributed by atoms with E-state index in [4.69, 9.17) is 28.4 Å². The van der Waals surface area contributed by atoms with Crippen LogP contribution in [0.15, 0.2) is 34.5 Å². The van der Waals surface area contributed by atoms with Crippen LogP contribution in [0.2, 0.25) is 0 Å². The smallest absolute Gasteiger partial charge is 0.240 e. The van der Waals surface area contributed by atoms with Gasteiger partial charge in [0, 0.05) is 36.1 Å². The minimum absolute atomic E-state index is 0.201. The number of carbonyl (C=O) groups excluding carboxylic acids is 2. The highest BCUT2D eigenvalue weighted by molar-refractivity contribution is 5.87. The minimum atomic E-state index is -0.201. The normalized spacial score (nSPS) is 10.8. The molecule has 12 nitrogen and oxygen atoms in total. The van der Waals surface area contributed by atoms with E-state index in [0.29, 0.717) is 71.3 Å². The molecule has 40 heavy (non-hydrogen) atoms. The lowest BCUT2D eigenvalue weighted by Crippen LogP contribution is -2.17. The van der Waals surface area contributed by atoms with Crippen molar-refractivity contribution in [3.05, 3.63) is 35.4 Å². The van der Waals surface area contributed by atoms with Crippen molar-refractivity contribution in [2.45, 2.75) is 38.5 Å². The summed E-state index contributed by atoms with van der Waals surface area (Å²) >= 11 is 0. The molecule has 218 valence electrons. The molecule has 2 aromatic rings. The molecule has 0 aromatic heterocycles. The molecule has 0 fully saturated rings. The SMILES string of the molecule is COc1cc(OC)c(OC)cc1/C=N/NC(=O)CCCCCCC(=O)N/N=C/c1cc(OC)c(OC)cc1OC. The van der Waals surface area contributed by atoms with Crippen LogP contribution < -0.4 is 39.3 Å². The van der Waals surface area contributed by atoms with E-state index in [1.807, 2.05) is 0 Å². The lowest BCUT2D eigenvalue weighted by atomic mass is 10.1. The number of hydrazone groups is 2. The zero-order valence-electron chi connectivity index (χ0n) is 23.9. The highest BCUT2D eigenvalue weighted by atomic mass is 16.5. The van der Waals surface area contributed by atoms with Gasteiger partial charge in [0.2, 0.25) is 11.8 Å². The molecule has 0 aliphatic heterocycles. The minimum Gasteiger partial charge on any atom is -0.496 e. The largest absolute Gasteiger partial charge is 0.496 e. The Kier molecular flexibility index (Phi) is 13.6. The van der Waals surface area contributed by atoms with Gasteiger partial charge in [-0.25, -0.2) is 10.9 Å². The molecule has 2 amide bonds. The standard InChI is InChI=1S/C28H38N4O8/c1-35-21-15-25(39-5)23(37-3)13-19(21)17-29-31-27(33)11-9-7-8-10-12-28(34)32-30-18-20-14-24(38-4)26(40-6)16-22(20)36-2/h13-18H,7-12H2,1-6H3,(H,31,33)(H,32,34)/b29-17+,30-18+. The van der Waals surface area contributed by atoms with Gasteiger partial charge in [-0.15, -0.1) is 0 Å². The summed E-state index contributed by atoms with van der Waals surface area (Å²) in [4.78, 5) is 24.2. The van der Waals surface area contributed by atoms with Crippen molar-refractivity contribution < 1.29 is 38.0 Å². The number of hydrogen-bond acceptors (Lipinski definition) is 10. The Bertz CT molecular complexity index is 1090. The number of hydrogen-bond donors (Lipinski definition) is 2. The summed E-state index contributed by atoms with van der Waals surface area (Å²) in [7, 11) is 9.21. The quantitative estimate of drug-likeness (QED) is 0.170. The zero-order valence-corrected chi connectivity index (χ0v) is 23.9. The predicted octanol–water partition coefficient (Wildman–Crippen LogP) is 3.68. The summed E-state index contributed by atoms with van der Waals surface area (Å²) in [5.41, 5.74) is 6.29. The Labute approximate surface area is 234 Å². The summed E-state index contributed by atoms with van der Waals surface area (Å²) in [6.07, 6.45) is 6.59. The fraction of sp³-hybridized carbons (Fsp3) is 0.429. The highest BCUT2D eigenvalue weighted by Crippen LogP contribution is 2.34. The molecule has 2 N–H and O–H groups in total. The van der Waals surface area contributed by atoms with Crippen molar-refractivity contribution in [1.82, 2.24) is 10.9 Å². The second-order valence-corrected chi connectivity index (χ2v) is 8.40. The van der Waals surface area contributed by atoms with Gasteiger partial charge in [-0.1, -0.05) is 12.8 Å². The number of nitrogens with zero attached hydrogens (tertiary/aromatic N) is 2. The van der Waals surface area contributed by atoms with Crippen LogP contribution in [-0.4, -0.2) is 66.9 Å². The summed E-state index contributed by atoms with van der Waals surface area (Å²) in [6.45, 7) is 0. The molecule has 12 heteroatoms. The van der Waals surface area contributed by atoms with Crippen molar-refractivity contribution in [3.8, 4) is 34.5 Å². The van der Waals surface area contributed by atoms with E-state index in [-0.39, 0.29) is 11.8 Å². The van der Waals surface area contributed by atoms with Gasteiger partial charge in [0.1, 0.15) is 11.5 Å². The number of carbonyl (C=O) groups is 2. The van der Waals surface area contributed by atoms with Gasteiger partial charge in [-0.2, -0.15) is 10.2 Å².